The molecule has 0 aromatic carbocycles. The number of hydrogen-bond acceptors (Lipinski definition) is 1. The Morgan fingerprint density at radius 2 is 1.75 bits per heavy atom. The van der Waals surface area contributed by atoms with Gasteiger partial charge in [-0.2, -0.15) is 0 Å². The first-order chi connectivity index (χ1) is 13.3. The highest BCUT2D eigenvalue weighted by molar-refractivity contribution is 5.49. The molecular weight excluding hydrogens is 340 g/mol. The molecule has 6 unspecified atom stereocenters. The zero-order valence-electron chi connectivity index (χ0n) is 18.9. The molecule has 0 amide bonds. The van der Waals surface area contributed by atoms with E-state index in [2.05, 4.69) is 52.8 Å². The molecule has 4 aliphatic rings. The van der Waals surface area contributed by atoms with Gasteiger partial charge < -0.3 is 5.11 Å². The molecule has 0 bridgehead atoms. The summed E-state index contributed by atoms with van der Waals surface area (Å²) < 4.78 is 0. The van der Waals surface area contributed by atoms with Crippen LogP contribution in [0.1, 0.15) is 92.4 Å². The van der Waals surface area contributed by atoms with E-state index in [9.17, 15) is 5.11 Å². The molecule has 4 aliphatic carbocycles. The molecule has 0 aromatic heterocycles. The molecular formula is C27H42O. The van der Waals surface area contributed by atoms with Crippen molar-refractivity contribution in [1.29, 1.82) is 0 Å². The van der Waals surface area contributed by atoms with Crippen LogP contribution in [0.15, 0.2) is 34.9 Å². The molecule has 1 N–H and O–H groups in total. The van der Waals surface area contributed by atoms with Gasteiger partial charge in [0, 0.05) is 0 Å². The summed E-state index contributed by atoms with van der Waals surface area (Å²) in [4.78, 5) is 0. The molecule has 28 heavy (non-hydrogen) atoms. The van der Waals surface area contributed by atoms with Gasteiger partial charge in [-0.3, -0.25) is 0 Å². The summed E-state index contributed by atoms with van der Waals surface area (Å²) in [6.07, 6.45) is 18.4. The third-order valence-corrected chi connectivity index (χ3v) is 9.22. The van der Waals surface area contributed by atoms with E-state index in [1.807, 2.05) is 5.57 Å². The number of hydrogen-bond donors (Lipinski definition) is 1. The van der Waals surface area contributed by atoms with Crippen molar-refractivity contribution in [2.45, 2.75) is 98.5 Å². The van der Waals surface area contributed by atoms with Gasteiger partial charge in [0.2, 0.25) is 0 Å². The van der Waals surface area contributed by atoms with Crippen molar-refractivity contribution < 1.29 is 5.11 Å². The van der Waals surface area contributed by atoms with Gasteiger partial charge in [-0.15, -0.1) is 0 Å². The lowest BCUT2D eigenvalue weighted by Crippen LogP contribution is -2.42. The Balaban J connectivity index is 1.60. The Kier molecular flexibility index (Phi) is 5.45. The minimum Gasteiger partial charge on any atom is -0.389 e. The molecule has 0 radical (unpaired) electrons. The fourth-order valence-electron chi connectivity index (χ4n) is 7.46. The van der Waals surface area contributed by atoms with E-state index in [1.54, 1.807) is 5.57 Å². The first kappa shape index (κ1) is 20.5. The van der Waals surface area contributed by atoms with Crippen molar-refractivity contribution in [1.82, 2.24) is 0 Å². The fourth-order valence-corrected chi connectivity index (χ4v) is 7.46. The number of fused-ring (bicyclic) bond motifs is 4. The molecule has 156 valence electrons. The smallest absolute Gasteiger partial charge is 0.0727 e. The minimum absolute atomic E-state index is 0.238. The summed E-state index contributed by atoms with van der Waals surface area (Å²) in [5.74, 6) is 3.23. The number of allylic oxidation sites excluding steroid dienone is 5. The van der Waals surface area contributed by atoms with Crippen molar-refractivity contribution in [3.63, 3.8) is 0 Å². The second-order valence-electron chi connectivity index (χ2n) is 11.4. The van der Waals surface area contributed by atoms with E-state index in [1.165, 1.54) is 50.5 Å². The SMILES string of the molecule is CC(C)CCCC(C)C1CCC2=C3C=CC4=CC(O)CCC4(C)C3CCC21C. The van der Waals surface area contributed by atoms with Crippen LogP contribution in [-0.4, -0.2) is 11.2 Å². The van der Waals surface area contributed by atoms with E-state index in [0.29, 0.717) is 11.3 Å². The highest BCUT2D eigenvalue weighted by Gasteiger charge is 2.53. The lowest BCUT2D eigenvalue weighted by atomic mass is 9.53. The monoisotopic (exact) mass is 382 g/mol. The normalized spacial score (nSPS) is 40.8. The van der Waals surface area contributed by atoms with Crippen molar-refractivity contribution in [2.24, 2.45) is 34.5 Å². The summed E-state index contributed by atoms with van der Waals surface area (Å²) in [7, 11) is 0. The maximum atomic E-state index is 10.1. The Labute approximate surface area is 173 Å². The predicted octanol–water partition coefficient (Wildman–Crippen LogP) is 7.23. The quantitative estimate of drug-likeness (QED) is 0.532. The fraction of sp³-hybridized carbons (Fsp3) is 0.778. The van der Waals surface area contributed by atoms with E-state index < -0.39 is 0 Å². The lowest BCUT2D eigenvalue weighted by molar-refractivity contribution is 0.107. The second-order valence-corrected chi connectivity index (χ2v) is 11.4. The van der Waals surface area contributed by atoms with Crippen LogP contribution < -0.4 is 0 Å². The summed E-state index contributed by atoms with van der Waals surface area (Å²) >= 11 is 0. The summed E-state index contributed by atoms with van der Waals surface area (Å²) in [6.45, 7) is 12.3. The highest BCUT2D eigenvalue weighted by Crippen LogP contribution is 2.63. The van der Waals surface area contributed by atoms with E-state index in [-0.39, 0.29) is 11.5 Å². The Bertz CT molecular complexity index is 695. The third-order valence-electron chi connectivity index (χ3n) is 9.22. The lowest BCUT2D eigenvalue weighted by Gasteiger charge is -2.51. The standard InChI is InChI=1S/C27H42O/c1-18(2)7-6-8-19(3)23-11-12-24-22-10-9-20-17-21(28)13-15-26(20,4)25(22)14-16-27(23,24)5/h9-10,17-19,21,23,25,28H,6-8,11-16H2,1-5H3. The first-order valence-electron chi connectivity index (χ1n) is 12.1. The van der Waals surface area contributed by atoms with Gasteiger partial charge in [0.15, 0.2) is 0 Å². The Morgan fingerprint density at radius 1 is 1.00 bits per heavy atom. The average Bonchev–Trinajstić information content (AvgIpc) is 2.99. The zero-order valence-corrected chi connectivity index (χ0v) is 18.9. The number of aliphatic hydroxyl groups is 1. The molecule has 0 heterocycles. The van der Waals surface area contributed by atoms with Crippen LogP contribution in [0.5, 0.6) is 0 Å². The molecule has 1 fully saturated rings. The molecule has 1 nitrogen and oxygen atoms in total. The Morgan fingerprint density at radius 3 is 2.50 bits per heavy atom. The molecule has 6 atom stereocenters. The van der Waals surface area contributed by atoms with E-state index in [4.69, 9.17) is 0 Å². The average molecular weight is 383 g/mol. The van der Waals surface area contributed by atoms with Crippen LogP contribution in [0, 0.1) is 34.5 Å². The molecule has 0 saturated heterocycles. The number of aliphatic hydroxyl groups excluding tert-OH is 1. The van der Waals surface area contributed by atoms with Crippen LogP contribution >= 0.6 is 0 Å². The third kappa shape index (κ3) is 3.26. The molecule has 0 aliphatic heterocycles. The molecule has 1 saturated carbocycles. The van der Waals surface area contributed by atoms with Gasteiger partial charge in [-0.05, 0) is 84.2 Å². The van der Waals surface area contributed by atoms with Gasteiger partial charge in [-0.1, -0.05) is 77.7 Å². The largest absolute Gasteiger partial charge is 0.389 e. The van der Waals surface area contributed by atoms with E-state index >= 15 is 0 Å². The second kappa shape index (κ2) is 7.46. The zero-order chi connectivity index (χ0) is 20.1. The van der Waals surface area contributed by atoms with Gasteiger partial charge in [-0.25, -0.2) is 0 Å². The van der Waals surface area contributed by atoms with Crippen LogP contribution in [-0.2, 0) is 0 Å². The summed E-state index contributed by atoms with van der Waals surface area (Å²) in [6, 6.07) is 0. The first-order valence-corrected chi connectivity index (χ1v) is 12.1. The van der Waals surface area contributed by atoms with Crippen molar-refractivity contribution >= 4 is 0 Å². The van der Waals surface area contributed by atoms with E-state index in [0.717, 1.165) is 30.6 Å². The minimum atomic E-state index is -0.238. The maximum Gasteiger partial charge on any atom is 0.0727 e. The molecule has 0 aromatic rings. The van der Waals surface area contributed by atoms with Crippen molar-refractivity contribution in [3.8, 4) is 0 Å². The van der Waals surface area contributed by atoms with Crippen LogP contribution in [0.25, 0.3) is 0 Å². The number of rotatable bonds is 5. The molecule has 1 heteroatoms. The van der Waals surface area contributed by atoms with Gasteiger partial charge in [0.25, 0.3) is 0 Å². The Hall–Kier alpha value is -0.820. The highest BCUT2D eigenvalue weighted by atomic mass is 16.3. The van der Waals surface area contributed by atoms with Gasteiger partial charge in [0.05, 0.1) is 6.10 Å². The van der Waals surface area contributed by atoms with Crippen molar-refractivity contribution in [2.75, 3.05) is 0 Å². The van der Waals surface area contributed by atoms with Gasteiger partial charge >= 0.3 is 0 Å². The summed E-state index contributed by atoms with van der Waals surface area (Å²) in [5.41, 5.74) is 5.59. The predicted molar refractivity (Wildman–Crippen MR) is 119 cm³/mol. The molecule has 0 spiro atoms. The van der Waals surface area contributed by atoms with Crippen LogP contribution in [0.3, 0.4) is 0 Å². The summed E-state index contributed by atoms with van der Waals surface area (Å²) in [5, 5.41) is 10.1. The van der Waals surface area contributed by atoms with Crippen LogP contribution in [0.2, 0.25) is 0 Å². The van der Waals surface area contributed by atoms with Crippen LogP contribution in [0.4, 0.5) is 0 Å². The maximum absolute atomic E-state index is 10.1. The molecule has 4 rings (SSSR count). The topological polar surface area (TPSA) is 20.2 Å². The van der Waals surface area contributed by atoms with Crippen molar-refractivity contribution in [3.05, 3.63) is 34.9 Å². The van der Waals surface area contributed by atoms with Gasteiger partial charge in [0.1, 0.15) is 0 Å².